The summed E-state index contributed by atoms with van der Waals surface area (Å²) in [6, 6.07) is 9.76. The second kappa shape index (κ2) is 6.52. The van der Waals surface area contributed by atoms with Crippen LogP contribution in [0.2, 0.25) is 5.02 Å². The van der Waals surface area contributed by atoms with E-state index in [2.05, 4.69) is 5.16 Å². The molecule has 0 aliphatic carbocycles. The summed E-state index contributed by atoms with van der Waals surface area (Å²) in [5.41, 5.74) is 0.440. The van der Waals surface area contributed by atoms with E-state index in [-0.39, 0.29) is 28.7 Å². The molecule has 0 aliphatic rings. The van der Waals surface area contributed by atoms with Crippen LogP contribution in [0.25, 0.3) is 10.6 Å². The number of hydrogen-bond donors (Lipinski definition) is 0. The summed E-state index contributed by atoms with van der Waals surface area (Å²) in [4.78, 5) is 14.6. The third-order valence-electron chi connectivity index (χ3n) is 3.30. The lowest BCUT2D eigenvalue weighted by atomic mass is 10.2. The van der Waals surface area contributed by atoms with Crippen molar-refractivity contribution in [1.29, 1.82) is 0 Å². The highest BCUT2D eigenvalue weighted by Gasteiger charge is 2.20. The first-order valence-corrected chi connectivity index (χ1v) is 8.01. The van der Waals surface area contributed by atoms with Crippen molar-refractivity contribution in [2.45, 2.75) is 6.54 Å². The molecule has 7 heteroatoms. The molecule has 0 spiro atoms. The Morgan fingerprint density at radius 3 is 2.91 bits per heavy atom. The zero-order chi connectivity index (χ0) is 16.4. The highest BCUT2D eigenvalue weighted by atomic mass is 35.5. The van der Waals surface area contributed by atoms with Gasteiger partial charge < -0.3 is 9.42 Å². The third kappa shape index (κ3) is 3.28. The molecule has 23 heavy (non-hydrogen) atoms. The average Bonchev–Trinajstić information content (AvgIpc) is 3.20. The van der Waals surface area contributed by atoms with Crippen molar-refractivity contribution in [3.63, 3.8) is 0 Å². The number of thiophene rings is 1. The van der Waals surface area contributed by atoms with Crippen molar-refractivity contribution in [3.8, 4) is 10.6 Å². The number of aromatic nitrogens is 1. The molecule has 3 rings (SSSR count). The molecule has 4 nitrogen and oxygen atoms in total. The number of nitrogens with zero attached hydrogens (tertiary/aromatic N) is 2. The smallest absolute Gasteiger partial charge is 0.276 e. The summed E-state index contributed by atoms with van der Waals surface area (Å²) < 4.78 is 19.0. The van der Waals surface area contributed by atoms with Crippen molar-refractivity contribution < 1.29 is 13.7 Å². The maximum Gasteiger partial charge on any atom is 0.276 e. The molecular formula is C16H12ClFN2O2S. The van der Waals surface area contributed by atoms with Crippen LogP contribution in [-0.2, 0) is 6.54 Å². The lowest BCUT2D eigenvalue weighted by Crippen LogP contribution is -2.27. The fourth-order valence-electron chi connectivity index (χ4n) is 2.10. The van der Waals surface area contributed by atoms with E-state index >= 15 is 0 Å². The molecule has 0 unspecified atom stereocenters. The van der Waals surface area contributed by atoms with E-state index in [4.69, 9.17) is 16.1 Å². The van der Waals surface area contributed by atoms with E-state index in [1.54, 1.807) is 19.2 Å². The molecule has 1 aromatic carbocycles. The van der Waals surface area contributed by atoms with Crippen molar-refractivity contribution in [1.82, 2.24) is 10.1 Å². The number of carbonyl (C=O) groups excluding carboxylic acids is 1. The fourth-order valence-corrected chi connectivity index (χ4v) is 2.99. The van der Waals surface area contributed by atoms with Crippen LogP contribution >= 0.6 is 22.9 Å². The predicted octanol–water partition coefficient (Wildman–Crippen LogP) is 4.47. The zero-order valence-corrected chi connectivity index (χ0v) is 13.7. The van der Waals surface area contributed by atoms with Crippen LogP contribution in [0.15, 0.2) is 46.3 Å². The minimum atomic E-state index is -0.448. The Balaban J connectivity index is 1.78. The van der Waals surface area contributed by atoms with Gasteiger partial charge >= 0.3 is 0 Å². The van der Waals surface area contributed by atoms with Crippen LogP contribution in [0.1, 0.15) is 16.1 Å². The highest BCUT2D eigenvalue weighted by molar-refractivity contribution is 7.13. The molecule has 0 atom stereocenters. The minimum Gasteiger partial charge on any atom is -0.355 e. The molecule has 0 aliphatic heterocycles. The number of rotatable bonds is 4. The first kappa shape index (κ1) is 15.7. The number of halogens is 2. The Labute approximate surface area is 141 Å². The van der Waals surface area contributed by atoms with Gasteiger partial charge in [-0.3, -0.25) is 4.79 Å². The van der Waals surface area contributed by atoms with Gasteiger partial charge in [0.2, 0.25) is 0 Å². The number of benzene rings is 1. The monoisotopic (exact) mass is 350 g/mol. The van der Waals surface area contributed by atoms with E-state index < -0.39 is 5.82 Å². The Morgan fingerprint density at radius 2 is 2.22 bits per heavy atom. The number of carbonyl (C=O) groups is 1. The molecule has 0 saturated carbocycles. The highest BCUT2D eigenvalue weighted by Crippen LogP contribution is 2.26. The van der Waals surface area contributed by atoms with Gasteiger partial charge in [0.05, 0.1) is 11.4 Å². The van der Waals surface area contributed by atoms with Crippen molar-refractivity contribution in [2.75, 3.05) is 7.05 Å². The van der Waals surface area contributed by atoms with Gasteiger partial charge in [0, 0.05) is 23.7 Å². The number of amides is 1. The summed E-state index contributed by atoms with van der Waals surface area (Å²) in [5, 5.41) is 5.98. The molecule has 1 amide bonds. The topological polar surface area (TPSA) is 46.3 Å². The molecule has 0 fully saturated rings. The van der Waals surface area contributed by atoms with E-state index in [1.165, 1.54) is 28.4 Å². The summed E-state index contributed by atoms with van der Waals surface area (Å²) >= 11 is 7.48. The van der Waals surface area contributed by atoms with Crippen LogP contribution in [0.5, 0.6) is 0 Å². The van der Waals surface area contributed by atoms with Gasteiger partial charge in [-0.05, 0) is 23.6 Å². The largest absolute Gasteiger partial charge is 0.355 e. The van der Waals surface area contributed by atoms with Gasteiger partial charge in [0.1, 0.15) is 5.82 Å². The maximum atomic E-state index is 13.8. The summed E-state index contributed by atoms with van der Waals surface area (Å²) in [6.07, 6.45) is 0. The number of hydrogen-bond acceptors (Lipinski definition) is 4. The first-order chi connectivity index (χ1) is 11.1. The summed E-state index contributed by atoms with van der Waals surface area (Å²) in [7, 11) is 1.56. The van der Waals surface area contributed by atoms with Crippen LogP contribution < -0.4 is 0 Å². The molecule has 0 N–H and O–H groups in total. The zero-order valence-electron chi connectivity index (χ0n) is 12.1. The van der Waals surface area contributed by atoms with E-state index in [1.807, 2.05) is 17.5 Å². The maximum absolute atomic E-state index is 13.8. The SMILES string of the molecule is CN(Cc1c(F)cccc1Cl)C(=O)c1cc(-c2cccs2)on1. The molecule has 3 aromatic rings. The molecule has 2 heterocycles. The normalized spacial score (nSPS) is 10.7. The van der Waals surface area contributed by atoms with E-state index in [9.17, 15) is 9.18 Å². The lowest BCUT2D eigenvalue weighted by molar-refractivity contribution is 0.0773. The standard InChI is InChI=1S/C16H12ClFN2O2S/c1-20(9-10-11(17)4-2-5-12(10)18)16(21)13-8-14(22-19-13)15-6-3-7-23-15/h2-8H,9H2,1H3. The van der Waals surface area contributed by atoms with Gasteiger partial charge in [-0.25, -0.2) is 4.39 Å². The molecule has 2 aromatic heterocycles. The quantitative estimate of drug-likeness (QED) is 0.697. The second-order valence-electron chi connectivity index (χ2n) is 4.92. The van der Waals surface area contributed by atoms with Gasteiger partial charge in [-0.2, -0.15) is 0 Å². The Bertz CT molecular complexity index is 812. The summed E-state index contributed by atoms with van der Waals surface area (Å²) in [5.74, 6) is -0.284. The third-order valence-corrected chi connectivity index (χ3v) is 4.54. The molecular weight excluding hydrogens is 339 g/mol. The van der Waals surface area contributed by atoms with Crippen molar-refractivity contribution in [2.24, 2.45) is 0 Å². The van der Waals surface area contributed by atoms with Gasteiger partial charge in [0.15, 0.2) is 11.5 Å². The van der Waals surface area contributed by atoms with Crippen LogP contribution in [0, 0.1) is 5.82 Å². The van der Waals surface area contributed by atoms with Crippen LogP contribution in [0.4, 0.5) is 4.39 Å². The van der Waals surface area contributed by atoms with Gasteiger partial charge in [0.25, 0.3) is 5.91 Å². The fraction of sp³-hybridized carbons (Fsp3) is 0.125. The average molecular weight is 351 g/mol. The van der Waals surface area contributed by atoms with Crippen LogP contribution in [0.3, 0.4) is 0 Å². The molecule has 118 valence electrons. The molecule has 0 radical (unpaired) electrons. The molecule has 0 bridgehead atoms. The Hall–Kier alpha value is -2.18. The summed E-state index contributed by atoms with van der Waals surface area (Å²) in [6.45, 7) is 0.0472. The molecule has 0 saturated heterocycles. The Kier molecular flexibility index (Phi) is 4.45. The predicted molar refractivity (Wildman–Crippen MR) is 87.0 cm³/mol. The van der Waals surface area contributed by atoms with Crippen molar-refractivity contribution >= 4 is 28.8 Å². The van der Waals surface area contributed by atoms with Gasteiger partial charge in [-0.15, -0.1) is 11.3 Å². The van der Waals surface area contributed by atoms with Gasteiger partial charge in [-0.1, -0.05) is 28.9 Å². The first-order valence-electron chi connectivity index (χ1n) is 6.75. The van der Waals surface area contributed by atoms with E-state index in [0.29, 0.717) is 5.76 Å². The van der Waals surface area contributed by atoms with E-state index in [0.717, 1.165) is 4.88 Å². The van der Waals surface area contributed by atoms with Crippen LogP contribution in [-0.4, -0.2) is 23.0 Å². The minimum absolute atomic E-state index is 0.0472. The van der Waals surface area contributed by atoms with Crippen molar-refractivity contribution in [3.05, 3.63) is 63.9 Å². The second-order valence-corrected chi connectivity index (χ2v) is 6.27. The Morgan fingerprint density at radius 1 is 1.39 bits per heavy atom. The lowest BCUT2D eigenvalue weighted by Gasteiger charge is -2.16.